The lowest BCUT2D eigenvalue weighted by molar-refractivity contribution is 0.287. The molecule has 1 aliphatic rings. The first-order valence-corrected chi connectivity index (χ1v) is 9.65. The molecular weight excluding hydrogens is 352 g/mol. The zero-order chi connectivity index (χ0) is 16.7. The zero-order valence-corrected chi connectivity index (χ0v) is 15.8. The van der Waals surface area contributed by atoms with Crippen molar-refractivity contribution < 1.29 is 17.9 Å². The van der Waals surface area contributed by atoms with Gasteiger partial charge in [0, 0.05) is 12.6 Å². The lowest BCUT2D eigenvalue weighted by Gasteiger charge is -2.14. The number of nitrogens with one attached hydrogen (secondary N) is 2. The largest absolute Gasteiger partial charge is 0.490 e. The van der Waals surface area contributed by atoms with Crippen molar-refractivity contribution in [3.05, 3.63) is 18.2 Å². The first kappa shape index (κ1) is 21.0. The van der Waals surface area contributed by atoms with Crippen LogP contribution in [-0.4, -0.2) is 41.3 Å². The quantitative estimate of drug-likeness (QED) is 0.688. The molecule has 0 aliphatic carbocycles. The lowest BCUT2D eigenvalue weighted by atomic mass is 10.1. The van der Waals surface area contributed by atoms with E-state index in [1.165, 1.54) is 6.07 Å². The van der Waals surface area contributed by atoms with E-state index in [1.807, 2.05) is 13.8 Å². The van der Waals surface area contributed by atoms with Crippen LogP contribution in [0.2, 0.25) is 0 Å². The first-order chi connectivity index (χ1) is 11.1. The van der Waals surface area contributed by atoms with Crippen LogP contribution in [0.4, 0.5) is 0 Å². The van der Waals surface area contributed by atoms with Gasteiger partial charge < -0.3 is 14.8 Å². The summed E-state index contributed by atoms with van der Waals surface area (Å²) in [5.74, 6) is 1.57. The second-order valence-electron chi connectivity index (χ2n) is 5.52. The van der Waals surface area contributed by atoms with Crippen LogP contribution in [0.1, 0.15) is 26.7 Å². The summed E-state index contributed by atoms with van der Waals surface area (Å²) in [6.07, 6.45) is 1.96. The van der Waals surface area contributed by atoms with Gasteiger partial charge >= 0.3 is 0 Å². The van der Waals surface area contributed by atoms with Gasteiger partial charge in [0.25, 0.3) is 0 Å². The van der Waals surface area contributed by atoms with E-state index < -0.39 is 10.0 Å². The van der Waals surface area contributed by atoms with Gasteiger partial charge in [0.05, 0.1) is 18.1 Å². The minimum absolute atomic E-state index is 0. The Hall–Kier alpha value is -1.02. The summed E-state index contributed by atoms with van der Waals surface area (Å²) in [6, 6.07) is 4.71. The molecule has 1 atom stereocenters. The van der Waals surface area contributed by atoms with E-state index in [1.54, 1.807) is 12.1 Å². The van der Waals surface area contributed by atoms with E-state index in [0.29, 0.717) is 37.2 Å². The molecule has 0 aromatic heterocycles. The molecule has 0 bridgehead atoms. The monoisotopic (exact) mass is 378 g/mol. The smallest absolute Gasteiger partial charge is 0.240 e. The molecule has 1 aliphatic heterocycles. The highest BCUT2D eigenvalue weighted by Crippen LogP contribution is 2.30. The molecule has 1 aromatic carbocycles. The first-order valence-electron chi connectivity index (χ1n) is 8.16. The fraction of sp³-hybridized carbons (Fsp3) is 0.625. The Morgan fingerprint density at radius 3 is 2.54 bits per heavy atom. The number of halogens is 1. The van der Waals surface area contributed by atoms with Gasteiger partial charge in [-0.1, -0.05) is 0 Å². The molecule has 1 aromatic rings. The summed E-state index contributed by atoms with van der Waals surface area (Å²) in [4.78, 5) is 0.203. The number of rotatable bonds is 9. The predicted molar refractivity (Wildman–Crippen MR) is 96.8 cm³/mol. The minimum Gasteiger partial charge on any atom is -0.490 e. The van der Waals surface area contributed by atoms with Crippen molar-refractivity contribution in [1.82, 2.24) is 10.0 Å². The molecule has 0 spiro atoms. The molecule has 2 rings (SSSR count). The summed E-state index contributed by atoms with van der Waals surface area (Å²) < 4.78 is 38.4. The second-order valence-corrected chi connectivity index (χ2v) is 7.29. The summed E-state index contributed by atoms with van der Waals surface area (Å²) >= 11 is 0. The van der Waals surface area contributed by atoms with Gasteiger partial charge in [-0.25, -0.2) is 13.1 Å². The fourth-order valence-corrected chi connectivity index (χ4v) is 3.70. The third-order valence-corrected chi connectivity index (χ3v) is 5.29. The Labute approximate surface area is 150 Å². The summed E-state index contributed by atoms with van der Waals surface area (Å²) in [6.45, 7) is 7.12. The van der Waals surface area contributed by atoms with Crippen LogP contribution >= 0.6 is 12.4 Å². The van der Waals surface area contributed by atoms with Gasteiger partial charge in [-0.3, -0.25) is 0 Å². The summed E-state index contributed by atoms with van der Waals surface area (Å²) in [5, 5.41) is 3.28. The SMILES string of the molecule is CCOc1ccc(S(=O)(=O)NCCC2CCNC2)cc1OCC.Cl. The predicted octanol–water partition coefficient (Wildman–Crippen LogP) is 2.18. The van der Waals surface area contributed by atoms with Gasteiger partial charge in [-0.15, -0.1) is 12.4 Å². The number of hydrogen-bond donors (Lipinski definition) is 2. The molecule has 8 heteroatoms. The fourth-order valence-electron chi connectivity index (χ4n) is 2.64. The number of ether oxygens (including phenoxy) is 2. The van der Waals surface area contributed by atoms with Crippen LogP contribution in [0.25, 0.3) is 0 Å². The van der Waals surface area contributed by atoms with E-state index in [9.17, 15) is 8.42 Å². The standard InChI is InChI=1S/C16H26N2O4S.ClH/c1-3-21-15-6-5-14(11-16(15)22-4-2)23(19,20)18-10-8-13-7-9-17-12-13;/h5-6,11,13,17-18H,3-4,7-10,12H2,1-2H3;1H. The maximum atomic E-state index is 12.4. The highest BCUT2D eigenvalue weighted by Gasteiger charge is 2.19. The topological polar surface area (TPSA) is 76.7 Å². The maximum Gasteiger partial charge on any atom is 0.240 e. The van der Waals surface area contributed by atoms with E-state index in [0.717, 1.165) is 25.9 Å². The molecule has 0 amide bonds. The maximum absolute atomic E-state index is 12.4. The number of benzene rings is 1. The molecule has 1 heterocycles. The highest BCUT2D eigenvalue weighted by atomic mass is 35.5. The van der Waals surface area contributed by atoms with Gasteiger partial charge in [-0.05, 0) is 57.8 Å². The van der Waals surface area contributed by atoms with Crippen LogP contribution < -0.4 is 19.5 Å². The third-order valence-electron chi connectivity index (χ3n) is 3.83. The highest BCUT2D eigenvalue weighted by molar-refractivity contribution is 7.89. The number of hydrogen-bond acceptors (Lipinski definition) is 5. The second kappa shape index (κ2) is 10.1. The molecule has 1 fully saturated rings. The van der Waals surface area contributed by atoms with Crippen LogP contribution in [0.5, 0.6) is 11.5 Å². The van der Waals surface area contributed by atoms with Gasteiger partial charge in [0.15, 0.2) is 11.5 Å². The van der Waals surface area contributed by atoms with Crippen molar-refractivity contribution >= 4 is 22.4 Å². The zero-order valence-electron chi connectivity index (χ0n) is 14.2. The van der Waals surface area contributed by atoms with Crippen molar-refractivity contribution in [1.29, 1.82) is 0 Å². The molecule has 1 saturated heterocycles. The van der Waals surface area contributed by atoms with Crippen molar-refractivity contribution in [2.24, 2.45) is 5.92 Å². The molecule has 24 heavy (non-hydrogen) atoms. The van der Waals surface area contributed by atoms with Crippen molar-refractivity contribution in [2.75, 3.05) is 32.8 Å². The molecule has 138 valence electrons. The van der Waals surface area contributed by atoms with Crippen molar-refractivity contribution in [3.8, 4) is 11.5 Å². The van der Waals surface area contributed by atoms with Crippen molar-refractivity contribution in [3.63, 3.8) is 0 Å². The van der Waals surface area contributed by atoms with Crippen LogP contribution in [0.15, 0.2) is 23.1 Å². The minimum atomic E-state index is -3.53. The van der Waals surface area contributed by atoms with Gasteiger partial charge in [0.1, 0.15) is 0 Å². The van der Waals surface area contributed by atoms with Gasteiger partial charge in [-0.2, -0.15) is 0 Å². The molecule has 0 radical (unpaired) electrons. The number of sulfonamides is 1. The van der Waals surface area contributed by atoms with E-state index >= 15 is 0 Å². The summed E-state index contributed by atoms with van der Waals surface area (Å²) in [5.41, 5.74) is 0. The van der Waals surface area contributed by atoms with E-state index in [-0.39, 0.29) is 17.3 Å². The Morgan fingerprint density at radius 2 is 1.92 bits per heavy atom. The van der Waals surface area contributed by atoms with Gasteiger partial charge in [0.2, 0.25) is 10.0 Å². The third kappa shape index (κ3) is 5.81. The molecule has 0 saturated carbocycles. The summed E-state index contributed by atoms with van der Waals surface area (Å²) in [7, 11) is -3.53. The van der Waals surface area contributed by atoms with Crippen molar-refractivity contribution in [2.45, 2.75) is 31.6 Å². The Morgan fingerprint density at radius 1 is 1.21 bits per heavy atom. The molecular formula is C16H27ClN2O4S. The Balaban J connectivity index is 0.00000288. The van der Waals surface area contributed by atoms with E-state index in [2.05, 4.69) is 10.0 Å². The molecule has 6 nitrogen and oxygen atoms in total. The van der Waals surface area contributed by atoms with E-state index in [4.69, 9.17) is 9.47 Å². The Bertz CT molecular complexity index is 604. The average Bonchev–Trinajstić information content (AvgIpc) is 3.02. The van der Waals surface area contributed by atoms with Crippen LogP contribution in [-0.2, 0) is 10.0 Å². The molecule has 2 N–H and O–H groups in total. The van der Waals surface area contributed by atoms with Crippen LogP contribution in [0.3, 0.4) is 0 Å². The normalized spacial score (nSPS) is 17.3. The Kier molecular flexibility index (Phi) is 8.83. The lowest BCUT2D eigenvalue weighted by Crippen LogP contribution is -2.26. The average molecular weight is 379 g/mol. The molecule has 1 unspecified atom stereocenters. The van der Waals surface area contributed by atoms with Crippen LogP contribution in [0, 0.1) is 5.92 Å².